The van der Waals surface area contributed by atoms with Crippen molar-refractivity contribution in [3.8, 4) is 0 Å². The quantitative estimate of drug-likeness (QED) is 0.658. The van der Waals surface area contributed by atoms with Gasteiger partial charge in [0.2, 0.25) is 0 Å². The number of hydrogen-bond acceptors (Lipinski definition) is 3. The molecule has 1 amide bonds. The zero-order valence-corrected chi connectivity index (χ0v) is 13.0. The van der Waals surface area contributed by atoms with Crippen molar-refractivity contribution >= 4 is 35.2 Å². The SMILES string of the molecule is O=C(COC(=O)/C=C/c1c(F)cccc1Cl)Nc1cccc(F)c1. The highest BCUT2D eigenvalue weighted by molar-refractivity contribution is 6.32. The Labute approximate surface area is 141 Å². The van der Waals surface area contributed by atoms with Crippen molar-refractivity contribution in [1.82, 2.24) is 0 Å². The minimum atomic E-state index is -0.844. The molecule has 24 heavy (non-hydrogen) atoms. The number of nitrogens with one attached hydrogen (secondary N) is 1. The number of carbonyl (C=O) groups excluding carboxylic acids is 2. The molecule has 0 saturated heterocycles. The van der Waals surface area contributed by atoms with Crippen molar-refractivity contribution in [2.24, 2.45) is 0 Å². The topological polar surface area (TPSA) is 55.4 Å². The number of carbonyl (C=O) groups is 2. The van der Waals surface area contributed by atoms with E-state index < -0.39 is 30.1 Å². The van der Waals surface area contributed by atoms with Crippen LogP contribution in [0.15, 0.2) is 48.5 Å². The number of esters is 1. The van der Waals surface area contributed by atoms with Crippen molar-refractivity contribution < 1.29 is 23.1 Å². The van der Waals surface area contributed by atoms with E-state index in [0.29, 0.717) is 0 Å². The van der Waals surface area contributed by atoms with Crippen molar-refractivity contribution in [2.45, 2.75) is 0 Å². The van der Waals surface area contributed by atoms with E-state index in [1.165, 1.54) is 36.4 Å². The summed E-state index contributed by atoms with van der Waals surface area (Å²) in [5, 5.41) is 2.51. The van der Waals surface area contributed by atoms with Gasteiger partial charge in [-0.15, -0.1) is 0 Å². The predicted octanol–water partition coefficient (Wildman–Crippen LogP) is 3.81. The van der Waals surface area contributed by atoms with E-state index in [0.717, 1.165) is 18.2 Å². The molecule has 0 radical (unpaired) electrons. The zero-order valence-electron chi connectivity index (χ0n) is 12.3. The van der Waals surface area contributed by atoms with Crippen LogP contribution in [0.25, 0.3) is 6.08 Å². The van der Waals surface area contributed by atoms with E-state index in [9.17, 15) is 18.4 Å². The van der Waals surface area contributed by atoms with E-state index in [1.54, 1.807) is 0 Å². The number of amides is 1. The van der Waals surface area contributed by atoms with Crippen LogP contribution in [0, 0.1) is 11.6 Å². The normalized spacial score (nSPS) is 10.6. The molecule has 124 valence electrons. The van der Waals surface area contributed by atoms with Gasteiger partial charge < -0.3 is 10.1 Å². The first-order valence-electron chi connectivity index (χ1n) is 6.80. The summed E-state index contributed by atoms with van der Waals surface area (Å²) in [6, 6.07) is 9.38. The van der Waals surface area contributed by atoms with Gasteiger partial charge in [0.1, 0.15) is 11.6 Å². The lowest BCUT2D eigenvalue weighted by Gasteiger charge is -2.05. The van der Waals surface area contributed by atoms with Gasteiger partial charge in [-0.25, -0.2) is 13.6 Å². The standard InChI is InChI=1S/C17H12ClF2NO3/c18-14-5-2-6-15(20)13(14)7-8-17(23)24-10-16(22)21-12-4-1-3-11(19)9-12/h1-9H,10H2,(H,21,22)/b8-7+. The average Bonchev–Trinajstić information content (AvgIpc) is 2.52. The summed E-state index contributed by atoms with van der Waals surface area (Å²) in [7, 11) is 0. The highest BCUT2D eigenvalue weighted by Crippen LogP contribution is 2.20. The highest BCUT2D eigenvalue weighted by Gasteiger charge is 2.08. The van der Waals surface area contributed by atoms with Crippen LogP contribution in [0.4, 0.5) is 14.5 Å². The Bertz CT molecular complexity index is 773. The number of ether oxygens (including phenoxy) is 1. The predicted molar refractivity (Wildman–Crippen MR) is 86.4 cm³/mol. The zero-order chi connectivity index (χ0) is 17.5. The molecule has 0 aliphatic carbocycles. The first kappa shape index (κ1) is 17.6. The fraction of sp³-hybridized carbons (Fsp3) is 0.0588. The largest absolute Gasteiger partial charge is 0.452 e. The number of halogens is 3. The second-order valence-electron chi connectivity index (χ2n) is 4.63. The molecule has 0 atom stereocenters. The molecular formula is C17H12ClF2NO3. The third-order valence-electron chi connectivity index (χ3n) is 2.84. The van der Waals surface area contributed by atoms with Gasteiger partial charge >= 0.3 is 5.97 Å². The van der Waals surface area contributed by atoms with E-state index in [2.05, 4.69) is 5.32 Å². The third kappa shape index (κ3) is 5.17. The molecule has 2 rings (SSSR count). The van der Waals surface area contributed by atoms with E-state index in [1.807, 2.05) is 0 Å². The summed E-state index contributed by atoms with van der Waals surface area (Å²) in [6.07, 6.45) is 2.12. The van der Waals surface area contributed by atoms with Crippen LogP contribution < -0.4 is 5.32 Å². The van der Waals surface area contributed by atoms with Gasteiger partial charge in [-0.05, 0) is 36.4 Å². The highest BCUT2D eigenvalue weighted by atomic mass is 35.5. The van der Waals surface area contributed by atoms with Crippen LogP contribution in [-0.2, 0) is 14.3 Å². The second kappa shape index (κ2) is 8.21. The van der Waals surface area contributed by atoms with Gasteiger partial charge in [0.05, 0.1) is 5.02 Å². The minimum absolute atomic E-state index is 0.0420. The molecule has 4 nitrogen and oxygen atoms in total. The van der Waals surface area contributed by atoms with Crippen molar-refractivity contribution in [3.05, 3.63) is 70.8 Å². The van der Waals surface area contributed by atoms with Gasteiger partial charge in [0.25, 0.3) is 5.91 Å². The van der Waals surface area contributed by atoms with Gasteiger partial charge in [-0.2, -0.15) is 0 Å². The summed E-state index contributed by atoms with van der Waals surface area (Å²) in [4.78, 5) is 23.1. The maximum Gasteiger partial charge on any atom is 0.331 e. The van der Waals surface area contributed by atoms with E-state index in [-0.39, 0.29) is 16.3 Å². The summed E-state index contributed by atoms with van der Waals surface area (Å²) in [5.41, 5.74) is 0.282. The van der Waals surface area contributed by atoms with Crippen LogP contribution >= 0.6 is 11.6 Å². The van der Waals surface area contributed by atoms with Gasteiger partial charge in [-0.3, -0.25) is 4.79 Å². The third-order valence-corrected chi connectivity index (χ3v) is 3.17. The summed E-state index contributed by atoms with van der Waals surface area (Å²) in [5.74, 6) is -2.57. The van der Waals surface area contributed by atoms with Crippen LogP contribution in [0.1, 0.15) is 5.56 Å². The summed E-state index contributed by atoms with van der Waals surface area (Å²) in [6.45, 7) is -0.565. The minimum Gasteiger partial charge on any atom is -0.452 e. The van der Waals surface area contributed by atoms with Crippen molar-refractivity contribution in [1.29, 1.82) is 0 Å². The van der Waals surface area contributed by atoms with Crippen molar-refractivity contribution in [3.63, 3.8) is 0 Å². The molecule has 0 bridgehead atoms. The lowest BCUT2D eigenvalue weighted by molar-refractivity contribution is -0.142. The van der Waals surface area contributed by atoms with Crippen LogP contribution in [0.5, 0.6) is 0 Å². The Kier molecular flexibility index (Phi) is 6.03. The van der Waals surface area contributed by atoms with Crippen molar-refractivity contribution in [2.75, 3.05) is 11.9 Å². The van der Waals surface area contributed by atoms with Gasteiger partial charge in [0.15, 0.2) is 6.61 Å². The molecule has 0 saturated carbocycles. The molecule has 0 spiro atoms. The molecular weight excluding hydrogens is 340 g/mol. The first-order valence-corrected chi connectivity index (χ1v) is 7.18. The molecule has 0 aliphatic heterocycles. The molecule has 7 heteroatoms. The van der Waals surface area contributed by atoms with Gasteiger partial charge in [-0.1, -0.05) is 23.7 Å². The Morgan fingerprint density at radius 1 is 1.17 bits per heavy atom. The Morgan fingerprint density at radius 3 is 2.62 bits per heavy atom. The van der Waals surface area contributed by atoms with E-state index >= 15 is 0 Å². The molecule has 0 aromatic heterocycles. The van der Waals surface area contributed by atoms with E-state index in [4.69, 9.17) is 16.3 Å². The van der Waals surface area contributed by atoms with Crippen LogP contribution in [0.2, 0.25) is 5.02 Å². The Balaban J connectivity index is 1.86. The molecule has 1 N–H and O–H groups in total. The van der Waals surface area contributed by atoms with Crippen LogP contribution in [0.3, 0.4) is 0 Å². The monoisotopic (exact) mass is 351 g/mol. The molecule has 0 heterocycles. The van der Waals surface area contributed by atoms with Crippen LogP contribution in [-0.4, -0.2) is 18.5 Å². The molecule has 2 aromatic carbocycles. The number of rotatable bonds is 5. The molecule has 0 unspecified atom stereocenters. The molecule has 0 aliphatic rings. The summed E-state index contributed by atoms with van der Waals surface area (Å²) >= 11 is 5.81. The fourth-order valence-corrected chi connectivity index (χ4v) is 2.00. The lowest BCUT2D eigenvalue weighted by Crippen LogP contribution is -2.20. The number of hydrogen-bond donors (Lipinski definition) is 1. The second-order valence-corrected chi connectivity index (χ2v) is 5.04. The number of anilines is 1. The number of benzene rings is 2. The summed E-state index contributed by atoms with van der Waals surface area (Å²) < 4.78 is 31.2. The maximum absolute atomic E-state index is 13.5. The Morgan fingerprint density at radius 2 is 1.92 bits per heavy atom. The molecule has 0 fully saturated rings. The molecule has 2 aromatic rings. The average molecular weight is 352 g/mol. The maximum atomic E-state index is 13.5. The lowest BCUT2D eigenvalue weighted by atomic mass is 10.2. The fourth-order valence-electron chi connectivity index (χ4n) is 1.77. The first-order chi connectivity index (χ1) is 11.5. The smallest absolute Gasteiger partial charge is 0.331 e. The Hall–Kier alpha value is -2.73. The van der Waals surface area contributed by atoms with Gasteiger partial charge in [0, 0.05) is 17.3 Å².